The number of hydrogen-bond acceptors (Lipinski definition) is 3. The summed E-state index contributed by atoms with van der Waals surface area (Å²) in [4.78, 5) is 11.4. The average Bonchev–Trinajstić information content (AvgIpc) is 2.27. The molecule has 4 heteroatoms. The summed E-state index contributed by atoms with van der Waals surface area (Å²) in [5, 5.41) is 6.09. The number of methoxy groups -OCH3 is 1. The van der Waals surface area contributed by atoms with Crippen molar-refractivity contribution in [3.05, 3.63) is 0 Å². The standard InChI is InChI=1S/C12H26N2O2/c1-4-6-8-13-12(15)9-14-11(7-5-2)10-16-3/h11,14H,4-10H2,1-3H3,(H,13,15). The van der Waals surface area contributed by atoms with Crippen molar-refractivity contribution in [3.63, 3.8) is 0 Å². The van der Waals surface area contributed by atoms with E-state index >= 15 is 0 Å². The van der Waals surface area contributed by atoms with Crippen molar-refractivity contribution >= 4 is 5.91 Å². The zero-order valence-corrected chi connectivity index (χ0v) is 10.8. The Labute approximate surface area is 99.1 Å². The lowest BCUT2D eigenvalue weighted by atomic mass is 10.2. The minimum absolute atomic E-state index is 0.0747. The van der Waals surface area contributed by atoms with Crippen molar-refractivity contribution in [1.29, 1.82) is 0 Å². The Kier molecular flexibility index (Phi) is 10.5. The molecule has 0 aliphatic rings. The van der Waals surface area contributed by atoms with Gasteiger partial charge in [0.15, 0.2) is 0 Å². The Morgan fingerprint density at radius 1 is 1.31 bits per heavy atom. The maximum Gasteiger partial charge on any atom is 0.233 e. The van der Waals surface area contributed by atoms with Crippen LogP contribution in [0.5, 0.6) is 0 Å². The van der Waals surface area contributed by atoms with Gasteiger partial charge in [0.05, 0.1) is 13.2 Å². The molecule has 0 saturated heterocycles. The summed E-state index contributed by atoms with van der Waals surface area (Å²) in [6.07, 6.45) is 4.28. The van der Waals surface area contributed by atoms with Crippen LogP contribution in [0.15, 0.2) is 0 Å². The molecule has 0 fully saturated rings. The number of unbranched alkanes of at least 4 members (excludes halogenated alkanes) is 1. The summed E-state index contributed by atoms with van der Waals surface area (Å²) >= 11 is 0. The Balaban J connectivity index is 3.60. The quantitative estimate of drug-likeness (QED) is 0.556. The van der Waals surface area contributed by atoms with E-state index in [1.807, 2.05) is 0 Å². The van der Waals surface area contributed by atoms with Crippen molar-refractivity contribution in [2.75, 3.05) is 26.8 Å². The molecule has 96 valence electrons. The van der Waals surface area contributed by atoms with Gasteiger partial charge in [-0.05, 0) is 12.8 Å². The highest BCUT2D eigenvalue weighted by atomic mass is 16.5. The van der Waals surface area contributed by atoms with Crippen molar-refractivity contribution in [1.82, 2.24) is 10.6 Å². The number of rotatable bonds is 10. The monoisotopic (exact) mass is 230 g/mol. The molecule has 2 N–H and O–H groups in total. The molecule has 0 radical (unpaired) electrons. The molecular formula is C12H26N2O2. The first kappa shape index (κ1) is 15.4. The van der Waals surface area contributed by atoms with E-state index in [1.54, 1.807) is 7.11 Å². The highest BCUT2D eigenvalue weighted by Crippen LogP contribution is 1.96. The molecule has 0 heterocycles. The van der Waals surface area contributed by atoms with Gasteiger partial charge in [0.25, 0.3) is 0 Å². The van der Waals surface area contributed by atoms with Crippen LogP contribution in [0, 0.1) is 0 Å². The Morgan fingerprint density at radius 2 is 2.06 bits per heavy atom. The van der Waals surface area contributed by atoms with Crippen molar-refractivity contribution in [2.24, 2.45) is 0 Å². The summed E-state index contributed by atoms with van der Waals surface area (Å²) < 4.78 is 5.09. The lowest BCUT2D eigenvalue weighted by Crippen LogP contribution is -2.41. The second kappa shape index (κ2) is 10.9. The van der Waals surface area contributed by atoms with Gasteiger partial charge in [-0.25, -0.2) is 0 Å². The minimum Gasteiger partial charge on any atom is -0.383 e. The van der Waals surface area contributed by atoms with Crippen LogP contribution in [-0.4, -0.2) is 38.8 Å². The van der Waals surface area contributed by atoms with Crippen LogP contribution in [0.25, 0.3) is 0 Å². The summed E-state index contributed by atoms with van der Waals surface area (Å²) in [7, 11) is 1.69. The molecule has 0 saturated carbocycles. The van der Waals surface area contributed by atoms with E-state index in [1.165, 1.54) is 0 Å². The molecule has 1 atom stereocenters. The van der Waals surface area contributed by atoms with E-state index in [0.717, 1.165) is 32.2 Å². The van der Waals surface area contributed by atoms with Gasteiger partial charge in [0, 0.05) is 19.7 Å². The zero-order chi connectivity index (χ0) is 12.2. The summed E-state index contributed by atoms with van der Waals surface area (Å²) in [5.74, 6) is 0.0747. The smallest absolute Gasteiger partial charge is 0.233 e. The second-order valence-electron chi connectivity index (χ2n) is 4.03. The molecule has 1 unspecified atom stereocenters. The average molecular weight is 230 g/mol. The summed E-state index contributed by atoms with van der Waals surface area (Å²) in [5.41, 5.74) is 0. The van der Waals surface area contributed by atoms with Crippen molar-refractivity contribution in [3.8, 4) is 0 Å². The normalized spacial score (nSPS) is 12.4. The van der Waals surface area contributed by atoms with Gasteiger partial charge in [0.2, 0.25) is 5.91 Å². The van der Waals surface area contributed by atoms with Crippen LogP contribution in [0.1, 0.15) is 39.5 Å². The van der Waals surface area contributed by atoms with Crippen LogP contribution >= 0.6 is 0 Å². The van der Waals surface area contributed by atoms with E-state index in [-0.39, 0.29) is 11.9 Å². The Bertz CT molecular complexity index is 168. The molecule has 0 aromatic rings. The second-order valence-corrected chi connectivity index (χ2v) is 4.03. The van der Waals surface area contributed by atoms with Crippen LogP contribution in [-0.2, 0) is 9.53 Å². The summed E-state index contributed by atoms with van der Waals surface area (Å²) in [6.45, 7) is 6.07. The first-order valence-electron chi connectivity index (χ1n) is 6.23. The maximum absolute atomic E-state index is 11.4. The van der Waals surface area contributed by atoms with E-state index in [4.69, 9.17) is 4.74 Å². The van der Waals surface area contributed by atoms with Gasteiger partial charge in [-0.15, -0.1) is 0 Å². The van der Waals surface area contributed by atoms with Gasteiger partial charge in [0.1, 0.15) is 0 Å². The molecule has 0 rings (SSSR count). The molecule has 0 spiro atoms. The molecule has 16 heavy (non-hydrogen) atoms. The van der Waals surface area contributed by atoms with Crippen LogP contribution in [0.2, 0.25) is 0 Å². The van der Waals surface area contributed by atoms with Gasteiger partial charge in [-0.1, -0.05) is 26.7 Å². The fourth-order valence-corrected chi connectivity index (χ4v) is 1.50. The Morgan fingerprint density at radius 3 is 2.62 bits per heavy atom. The predicted molar refractivity (Wildman–Crippen MR) is 66.5 cm³/mol. The van der Waals surface area contributed by atoms with Crippen LogP contribution in [0.4, 0.5) is 0 Å². The summed E-state index contributed by atoms with van der Waals surface area (Å²) in [6, 6.07) is 0.284. The third-order valence-corrected chi connectivity index (χ3v) is 2.41. The molecule has 0 aromatic heterocycles. The fourth-order valence-electron chi connectivity index (χ4n) is 1.50. The van der Waals surface area contributed by atoms with E-state index < -0.39 is 0 Å². The molecular weight excluding hydrogens is 204 g/mol. The van der Waals surface area contributed by atoms with Crippen LogP contribution in [0.3, 0.4) is 0 Å². The lowest BCUT2D eigenvalue weighted by molar-refractivity contribution is -0.120. The third-order valence-electron chi connectivity index (χ3n) is 2.41. The molecule has 1 amide bonds. The minimum atomic E-state index is 0.0747. The number of nitrogens with one attached hydrogen (secondary N) is 2. The molecule has 4 nitrogen and oxygen atoms in total. The van der Waals surface area contributed by atoms with E-state index in [0.29, 0.717) is 13.2 Å². The van der Waals surface area contributed by atoms with Gasteiger partial charge in [-0.2, -0.15) is 0 Å². The maximum atomic E-state index is 11.4. The van der Waals surface area contributed by atoms with Crippen molar-refractivity contribution < 1.29 is 9.53 Å². The van der Waals surface area contributed by atoms with Crippen molar-refractivity contribution in [2.45, 2.75) is 45.6 Å². The van der Waals surface area contributed by atoms with Crippen LogP contribution < -0.4 is 10.6 Å². The van der Waals surface area contributed by atoms with Gasteiger partial charge in [-0.3, -0.25) is 4.79 Å². The predicted octanol–water partition coefficient (Wildman–Crippen LogP) is 1.31. The zero-order valence-electron chi connectivity index (χ0n) is 10.8. The van der Waals surface area contributed by atoms with Gasteiger partial charge >= 0.3 is 0 Å². The number of ether oxygens (including phenoxy) is 1. The largest absolute Gasteiger partial charge is 0.383 e. The highest BCUT2D eigenvalue weighted by Gasteiger charge is 2.08. The first-order valence-corrected chi connectivity index (χ1v) is 6.23. The number of carbonyl (C=O) groups is 1. The molecule has 0 aromatic carbocycles. The highest BCUT2D eigenvalue weighted by molar-refractivity contribution is 5.77. The first-order chi connectivity index (χ1) is 7.74. The fraction of sp³-hybridized carbons (Fsp3) is 0.917. The number of amides is 1. The van der Waals surface area contributed by atoms with Gasteiger partial charge < -0.3 is 15.4 Å². The SMILES string of the molecule is CCCCNC(=O)CNC(CCC)COC. The lowest BCUT2D eigenvalue weighted by Gasteiger charge is -2.16. The third kappa shape index (κ3) is 8.68. The van der Waals surface area contributed by atoms with E-state index in [2.05, 4.69) is 24.5 Å². The number of hydrogen-bond donors (Lipinski definition) is 2. The molecule has 0 aliphatic heterocycles. The Hall–Kier alpha value is -0.610. The molecule has 0 bridgehead atoms. The van der Waals surface area contributed by atoms with E-state index in [9.17, 15) is 4.79 Å². The number of carbonyl (C=O) groups excluding carboxylic acids is 1. The topological polar surface area (TPSA) is 50.4 Å². The molecule has 0 aliphatic carbocycles.